The van der Waals surface area contributed by atoms with Crippen LogP contribution >= 0.6 is 31.9 Å². The fourth-order valence-corrected chi connectivity index (χ4v) is 2.66. The average molecular weight is 389 g/mol. The van der Waals surface area contributed by atoms with Crippen molar-refractivity contribution >= 4 is 49.6 Å². The van der Waals surface area contributed by atoms with Crippen LogP contribution in [0.3, 0.4) is 0 Å². The molecule has 0 radical (unpaired) electrons. The first-order chi connectivity index (χ1) is 8.95. The van der Waals surface area contributed by atoms with E-state index in [1.54, 1.807) is 18.2 Å². The lowest BCUT2D eigenvalue weighted by Crippen LogP contribution is -2.12. The van der Waals surface area contributed by atoms with Gasteiger partial charge in [-0.15, -0.1) is 0 Å². The number of carboxylic acids is 1. The molecule has 0 bridgehead atoms. The molecule has 1 heterocycles. The molecule has 1 aromatic carbocycles. The Morgan fingerprint density at radius 3 is 2.32 bits per heavy atom. The van der Waals surface area contributed by atoms with Crippen LogP contribution in [0.25, 0.3) is 0 Å². The Hall–Kier alpha value is -1.67. The molecule has 0 spiro atoms. The average Bonchev–Trinajstić information content (AvgIpc) is 2.76. The molecular weight excluding hydrogens is 382 g/mol. The van der Waals surface area contributed by atoms with Gasteiger partial charge in [0, 0.05) is 20.6 Å². The van der Waals surface area contributed by atoms with Gasteiger partial charge in [0.1, 0.15) is 5.69 Å². The van der Waals surface area contributed by atoms with Crippen molar-refractivity contribution < 1.29 is 14.7 Å². The topological polar surface area (TPSA) is 95.1 Å². The Labute approximate surface area is 124 Å². The first-order valence-electron chi connectivity index (χ1n) is 5.02. The summed E-state index contributed by atoms with van der Waals surface area (Å²) in [7, 11) is 0. The van der Waals surface area contributed by atoms with Gasteiger partial charge in [0.25, 0.3) is 5.91 Å². The number of amides is 1. The molecule has 0 aliphatic rings. The van der Waals surface area contributed by atoms with Crippen LogP contribution in [0.2, 0.25) is 0 Å². The van der Waals surface area contributed by atoms with Crippen LogP contribution < -0.4 is 5.32 Å². The van der Waals surface area contributed by atoms with E-state index >= 15 is 0 Å². The van der Waals surface area contributed by atoms with Crippen molar-refractivity contribution in [2.24, 2.45) is 0 Å². The lowest BCUT2D eigenvalue weighted by Gasteiger charge is -2.03. The second-order valence-electron chi connectivity index (χ2n) is 3.58. The van der Waals surface area contributed by atoms with Gasteiger partial charge < -0.3 is 10.4 Å². The van der Waals surface area contributed by atoms with Crippen molar-refractivity contribution in [1.29, 1.82) is 0 Å². The van der Waals surface area contributed by atoms with Crippen LogP contribution in [0.15, 0.2) is 33.2 Å². The summed E-state index contributed by atoms with van der Waals surface area (Å²) in [5.74, 6) is -1.37. The molecule has 1 aromatic heterocycles. The molecule has 6 nitrogen and oxygen atoms in total. The second-order valence-corrected chi connectivity index (χ2v) is 5.42. The molecular formula is C11H7Br2N3O3. The van der Waals surface area contributed by atoms with Gasteiger partial charge in [-0.1, -0.05) is 31.9 Å². The van der Waals surface area contributed by atoms with Gasteiger partial charge in [-0.05, 0) is 18.2 Å². The summed E-state index contributed by atoms with van der Waals surface area (Å²) in [5, 5.41) is 17.2. The monoisotopic (exact) mass is 387 g/mol. The van der Waals surface area contributed by atoms with Gasteiger partial charge in [0.05, 0.1) is 0 Å². The SMILES string of the molecule is O=C(Nc1cc(C(=O)O)[nH]n1)c1cc(Br)cc(Br)c1. The maximum atomic E-state index is 11.9. The van der Waals surface area contributed by atoms with Crippen molar-refractivity contribution in [3.05, 3.63) is 44.5 Å². The lowest BCUT2D eigenvalue weighted by atomic mass is 10.2. The minimum Gasteiger partial charge on any atom is -0.477 e. The maximum absolute atomic E-state index is 11.9. The molecule has 0 saturated heterocycles. The van der Waals surface area contributed by atoms with Gasteiger partial charge in [-0.2, -0.15) is 5.10 Å². The molecule has 3 N–H and O–H groups in total. The molecule has 0 aliphatic heterocycles. The molecule has 0 aliphatic carbocycles. The van der Waals surface area contributed by atoms with Gasteiger partial charge in [0.15, 0.2) is 5.82 Å². The van der Waals surface area contributed by atoms with Crippen molar-refractivity contribution in [3.63, 3.8) is 0 Å². The van der Waals surface area contributed by atoms with Gasteiger partial charge in [-0.3, -0.25) is 9.89 Å². The van der Waals surface area contributed by atoms with E-state index in [2.05, 4.69) is 47.4 Å². The molecule has 0 atom stereocenters. The van der Waals surface area contributed by atoms with Gasteiger partial charge >= 0.3 is 5.97 Å². The number of H-pyrrole nitrogens is 1. The van der Waals surface area contributed by atoms with E-state index in [0.717, 1.165) is 8.95 Å². The molecule has 0 saturated carbocycles. The van der Waals surface area contributed by atoms with Crippen LogP contribution in [-0.2, 0) is 0 Å². The van der Waals surface area contributed by atoms with Crippen molar-refractivity contribution in [3.8, 4) is 0 Å². The number of hydrogen-bond donors (Lipinski definition) is 3. The van der Waals surface area contributed by atoms with Crippen molar-refractivity contribution in [2.75, 3.05) is 5.32 Å². The number of aromatic amines is 1. The Morgan fingerprint density at radius 2 is 1.79 bits per heavy atom. The molecule has 98 valence electrons. The maximum Gasteiger partial charge on any atom is 0.353 e. The molecule has 1 amide bonds. The molecule has 2 aromatic rings. The number of nitrogens with zero attached hydrogens (tertiary/aromatic N) is 1. The Kier molecular flexibility index (Phi) is 4.01. The van der Waals surface area contributed by atoms with E-state index in [1.165, 1.54) is 6.07 Å². The molecule has 0 fully saturated rings. The summed E-state index contributed by atoms with van der Waals surface area (Å²) in [6, 6.07) is 6.33. The molecule has 0 unspecified atom stereocenters. The third kappa shape index (κ3) is 3.42. The molecule has 2 rings (SSSR count). The lowest BCUT2D eigenvalue weighted by molar-refractivity contribution is 0.0690. The standard InChI is InChI=1S/C11H7Br2N3O3/c12-6-1-5(2-7(13)3-6)10(17)14-9-4-8(11(18)19)15-16-9/h1-4H,(H,18,19)(H2,14,15,16,17). The number of aromatic nitrogens is 2. The number of nitrogens with one attached hydrogen (secondary N) is 2. The summed E-state index contributed by atoms with van der Waals surface area (Å²) in [5.41, 5.74) is 0.326. The van der Waals surface area contributed by atoms with E-state index in [1.807, 2.05) is 0 Å². The summed E-state index contributed by atoms with van der Waals surface area (Å²) < 4.78 is 1.50. The van der Waals surface area contributed by atoms with Gasteiger partial charge in [0.2, 0.25) is 0 Å². The number of carbonyl (C=O) groups excluding carboxylic acids is 1. The minimum atomic E-state index is -1.14. The predicted octanol–water partition coefficient (Wildman–Crippen LogP) is 2.89. The van der Waals surface area contributed by atoms with E-state index in [4.69, 9.17) is 5.11 Å². The highest BCUT2D eigenvalue weighted by atomic mass is 79.9. The highest BCUT2D eigenvalue weighted by Gasteiger charge is 2.12. The smallest absolute Gasteiger partial charge is 0.353 e. The van der Waals surface area contributed by atoms with Crippen molar-refractivity contribution in [1.82, 2.24) is 10.2 Å². The first kappa shape index (κ1) is 13.8. The van der Waals surface area contributed by atoms with Gasteiger partial charge in [-0.25, -0.2) is 4.79 Å². The summed E-state index contributed by atoms with van der Waals surface area (Å²) in [4.78, 5) is 22.6. The van der Waals surface area contributed by atoms with E-state index in [9.17, 15) is 9.59 Å². The Balaban J connectivity index is 2.18. The van der Waals surface area contributed by atoms with Crippen molar-refractivity contribution in [2.45, 2.75) is 0 Å². The zero-order valence-electron chi connectivity index (χ0n) is 9.28. The second kappa shape index (κ2) is 5.54. The number of halogens is 2. The number of aromatic carboxylic acids is 1. The normalized spacial score (nSPS) is 10.2. The van der Waals surface area contributed by atoms with E-state index < -0.39 is 5.97 Å². The zero-order valence-corrected chi connectivity index (χ0v) is 12.4. The third-order valence-corrected chi connectivity index (χ3v) is 3.09. The largest absolute Gasteiger partial charge is 0.477 e. The fraction of sp³-hybridized carbons (Fsp3) is 0. The number of benzene rings is 1. The van der Waals surface area contributed by atoms with Crippen LogP contribution in [0.4, 0.5) is 5.82 Å². The highest BCUT2D eigenvalue weighted by molar-refractivity contribution is 9.11. The highest BCUT2D eigenvalue weighted by Crippen LogP contribution is 2.20. The number of rotatable bonds is 3. The van der Waals surface area contributed by atoms with Crippen LogP contribution in [0.1, 0.15) is 20.8 Å². The number of anilines is 1. The van der Waals surface area contributed by atoms with Crippen LogP contribution in [0.5, 0.6) is 0 Å². The Bertz CT molecular complexity index is 634. The zero-order chi connectivity index (χ0) is 14.0. The van der Waals surface area contributed by atoms with E-state index in [0.29, 0.717) is 5.56 Å². The van der Waals surface area contributed by atoms with Crippen LogP contribution in [0, 0.1) is 0 Å². The van der Waals surface area contributed by atoms with Crippen LogP contribution in [-0.4, -0.2) is 27.2 Å². The summed E-state index contributed by atoms with van der Waals surface area (Å²) in [6.07, 6.45) is 0. The number of carbonyl (C=O) groups is 2. The predicted molar refractivity (Wildman–Crippen MR) is 75.3 cm³/mol. The molecule has 19 heavy (non-hydrogen) atoms. The fourth-order valence-electron chi connectivity index (χ4n) is 1.37. The van der Waals surface area contributed by atoms with E-state index in [-0.39, 0.29) is 17.4 Å². The number of hydrogen-bond acceptors (Lipinski definition) is 3. The summed E-state index contributed by atoms with van der Waals surface area (Å²) in [6.45, 7) is 0. The third-order valence-electron chi connectivity index (χ3n) is 2.17. The molecule has 8 heteroatoms. The minimum absolute atomic E-state index is 0.0919. The summed E-state index contributed by atoms with van der Waals surface area (Å²) >= 11 is 6.56. The number of carboxylic acid groups (broad SMARTS) is 1. The Morgan fingerprint density at radius 1 is 1.16 bits per heavy atom. The quantitative estimate of drug-likeness (QED) is 0.753. The first-order valence-corrected chi connectivity index (χ1v) is 6.60.